The van der Waals surface area contributed by atoms with Gasteiger partial charge in [0.05, 0.1) is 26.4 Å². The van der Waals surface area contributed by atoms with Gasteiger partial charge in [-0.3, -0.25) is 0 Å². The maximum absolute atomic E-state index is 11.9. The van der Waals surface area contributed by atoms with Gasteiger partial charge >= 0.3 is 73.4 Å². The number of carbonyl (C=O) groups excluding carboxylic acids is 5. The molecule has 0 heterocycles. The first-order chi connectivity index (χ1) is 49.6. The number of hydrogen-bond acceptors (Lipinski definition) is 23. The predicted molar refractivity (Wildman–Crippen MR) is 515 cm³/mol. The summed E-state index contributed by atoms with van der Waals surface area (Å²) in [6.07, 6.45) is 5.32. The van der Waals surface area contributed by atoms with E-state index in [4.69, 9.17) is 77.2 Å². The number of esters is 5. The van der Waals surface area contributed by atoms with Gasteiger partial charge < -0.3 is 77.2 Å². The Morgan fingerprint density at radius 3 is 0.558 bits per heavy atom. The summed E-state index contributed by atoms with van der Waals surface area (Å²) in [5.74, 6) is -1.87. The summed E-state index contributed by atoms with van der Waals surface area (Å²) in [5.41, 5.74) is 1.21. The first-order valence-electron chi connectivity index (χ1n) is 39.8. The molecule has 0 spiro atoms. The highest BCUT2D eigenvalue weighted by atomic mass is 28.5. The third kappa shape index (κ3) is 77.3. The van der Waals surface area contributed by atoms with Crippen molar-refractivity contribution in [2.75, 3.05) is 32.7 Å². The molecular formula is C72H170O23Si18. The van der Waals surface area contributed by atoms with Crippen LogP contribution in [0.4, 0.5) is 0 Å². The van der Waals surface area contributed by atoms with Crippen molar-refractivity contribution in [3.05, 3.63) is 61.8 Å². The van der Waals surface area contributed by atoms with Gasteiger partial charge in [0.15, 0.2) is 114 Å². The lowest BCUT2D eigenvalue weighted by atomic mass is 10.4. The lowest BCUT2D eigenvalue weighted by Crippen LogP contribution is -2.63. The van der Waals surface area contributed by atoms with Gasteiger partial charge in [0, 0.05) is 41.0 Å². The molecule has 0 amide bonds. The standard InChI is InChI=1S/C16H38O5Si4.C15H36O5Si4.C14H34O5Si4.C14H32O4Si3.C13H30O4Si3/c1-15(2)16(17)18-13-12-14-25(19-22(3,4)5,20-23(6,7)8)21-24(9,10)11;1-11-15(16)17-13-12-14-24(18-21(2,3)4,19-22(5,6)7)20-23(8,9)10;1-13(2)14(15)16-12-23(17-20(3,4)5,18-21(6,7)8)19-22(9,10)11;1-13(2)14(15)16-11-10-12-21(9,17-19(3,4)5)18-20(6,7)8;1-9-13(14)15-11-10-12-20(8,16-18(2,3)4)17-19(5,6)7/h1,12-14H2,2-11H3;11H,1,12-14H2,2-10H3;1,12H2,2-11H3;1,10-12H2,2-9H3;9H,1,10-12H2,2-8H3. The van der Waals surface area contributed by atoms with Crippen molar-refractivity contribution in [2.24, 2.45) is 0 Å². The van der Waals surface area contributed by atoms with Gasteiger partial charge in [0.1, 0.15) is 0 Å². The molecule has 668 valence electrons. The second-order valence-electron chi connectivity index (χ2n) is 41.5. The summed E-state index contributed by atoms with van der Waals surface area (Å²) in [7, 11) is -36.7. The molecular weight excluding hydrogens is 1740 g/mol. The van der Waals surface area contributed by atoms with Gasteiger partial charge in [-0.1, -0.05) is 32.9 Å². The van der Waals surface area contributed by atoms with Crippen LogP contribution in [0.2, 0.25) is 293 Å². The molecule has 0 aromatic rings. The zero-order valence-electron chi connectivity index (χ0n) is 80.3. The molecule has 0 aliphatic rings. The predicted octanol–water partition coefficient (Wildman–Crippen LogP) is 21.9. The lowest BCUT2D eigenvalue weighted by molar-refractivity contribution is -0.139. The van der Waals surface area contributed by atoms with Crippen LogP contribution in [0.25, 0.3) is 0 Å². The fourth-order valence-corrected chi connectivity index (χ4v) is 78.4. The maximum Gasteiger partial charge on any atom is 0.509 e. The molecule has 0 aromatic heterocycles. The fraction of sp³-hybridized carbons (Fsp3) is 0.792. The van der Waals surface area contributed by atoms with Crippen LogP contribution in [0.5, 0.6) is 0 Å². The Morgan fingerprint density at radius 1 is 0.230 bits per heavy atom. The first kappa shape index (κ1) is 121. The van der Waals surface area contributed by atoms with Gasteiger partial charge in [-0.25, -0.2) is 24.0 Å². The average molecular weight is 1910 g/mol. The smallest absolute Gasteiger partial charge is 0.463 e. The first-order valence-corrected chi connectivity index (χ1v) is 94.9. The van der Waals surface area contributed by atoms with Crippen LogP contribution in [0.15, 0.2) is 61.8 Å². The van der Waals surface area contributed by atoms with Crippen LogP contribution >= 0.6 is 0 Å². The molecule has 0 aliphatic heterocycles. The normalized spacial score (nSPS) is 13.5. The van der Waals surface area contributed by atoms with E-state index in [0.29, 0.717) is 68.1 Å². The van der Waals surface area contributed by atoms with Crippen molar-refractivity contribution in [3.8, 4) is 0 Å². The van der Waals surface area contributed by atoms with E-state index in [2.05, 4.69) is 301 Å². The molecule has 113 heavy (non-hydrogen) atoms. The Hall–Kier alpha value is -0.566. The van der Waals surface area contributed by atoms with Crippen LogP contribution in [0, 0.1) is 0 Å². The SMILES string of the molecule is C=C(C)C(=O)OCCC[Si](C)(O[Si](C)(C)C)O[Si](C)(C)C.C=C(C)C(=O)OCCC[Si](O[Si](C)(C)C)(O[Si](C)(C)C)O[Si](C)(C)C.C=C(C)C(=O)OC[Si](O[Si](C)(C)C)(O[Si](C)(C)C)O[Si](C)(C)C.C=CC(=O)OCCC[Si](C)(O[Si](C)(C)C)O[Si](C)(C)C.C=CC(=O)OCCC[Si](O[Si](C)(C)C)(O[Si](C)(C)C)O[Si](C)(C)C. The Bertz CT molecular complexity index is 2750. The minimum Gasteiger partial charge on any atom is -0.463 e. The van der Waals surface area contributed by atoms with E-state index in [1.165, 1.54) is 12.2 Å². The molecule has 0 atom stereocenters. The summed E-state index contributed by atoms with van der Waals surface area (Å²) in [4.78, 5) is 57.0. The summed E-state index contributed by atoms with van der Waals surface area (Å²) < 4.78 is 110. The third-order valence-electron chi connectivity index (χ3n) is 11.8. The molecule has 0 unspecified atom stereocenters. The number of rotatable bonds is 49. The quantitative estimate of drug-likeness (QED) is 0.0180. The number of carbonyl (C=O) groups is 5. The van der Waals surface area contributed by atoms with Crippen molar-refractivity contribution in [3.63, 3.8) is 0 Å². The molecule has 0 fully saturated rings. The molecule has 0 N–H and O–H groups in total. The summed E-state index contributed by atoms with van der Waals surface area (Å²) in [6, 6.07) is 3.06. The maximum atomic E-state index is 11.9. The fourth-order valence-electron chi connectivity index (χ4n) is 10.3. The Balaban J connectivity index is -0.000000431. The molecule has 0 bridgehead atoms. The van der Waals surface area contributed by atoms with Crippen molar-refractivity contribution >= 4 is 182 Å². The third-order valence-corrected chi connectivity index (χ3v) is 66.7. The van der Waals surface area contributed by atoms with E-state index < -0.39 is 164 Å². The lowest BCUT2D eigenvalue weighted by Gasteiger charge is -2.43. The zero-order chi connectivity index (χ0) is 91.0. The van der Waals surface area contributed by atoms with Crippen LogP contribution in [-0.2, 0) is 101 Å². The highest BCUT2D eigenvalue weighted by molar-refractivity contribution is 6.93. The van der Waals surface area contributed by atoms with Crippen LogP contribution in [-0.4, -0.2) is 214 Å². The van der Waals surface area contributed by atoms with E-state index >= 15 is 0 Å². The molecule has 0 aliphatic carbocycles. The average Bonchev–Trinajstić information content (AvgIpc) is 0.825. The Kier molecular flexibility index (Phi) is 53.8. The topological polar surface area (TPSA) is 251 Å². The van der Waals surface area contributed by atoms with Crippen molar-refractivity contribution in [1.29, 1.82) is 0 Å². The molecule has 0 radical (unpaired) electrons. The molecule has 23 nitrogen and oxygen atoms in total. The van der Waals surface area contributed by atoms with Gasteiger partial charge in [0.25, 0.3) is 0 Å². The molecule has 0 saturated carbocycles. The zero-order valence-corrected chi connectivity index (χ0v) is 98.3. The van der Waals surface area contributed by atoms with Crippen LogP contribution in [0.1, 0.15) is 46.5 Å². The molecule has 0 saturated heterocycles. The van der Waals surface area contributed by atoms with Gasteiger partial charge in [0.2, 0.25) is 0 Å². The van der Waals surface area contributed by atoms with Crippen LogP contribution < -0.4 is 0 Å². The Morgan fingerprint density at radius 2 is 0.389 bits per heavy atom. The van der Waals surface area contributed by atoms with E-state index in [-0.39, 0.29) is 24.1 Å². The minimum absolute atomic E-state index is 0.0531. The highest BCUT2D eigenvalue weighted by Gasteiger charge is 2.54. The number of hydrogen-bond donors (Lipinski definition) is 0. The van der Waals surface area contributed by atoms with Crippen molar-refractivity contribution in [2.45, 2.75) is 339 Å². The van der Waals surface area contributed by atoms with Crippen molar-refractivity contribution in [1.82, 2.24) is 0 Å². The summed E-state index contributed by atoms with van der Waals surface area (Å²) in [6.45, 7) is 112. The van der Waals surface area contributed by atoms with E-state index in [1.54, 1.807) is 20.8 Å². The Labute approximate surface area is 710 Å². The summed E-state index contributed by atoms with van der Waals surface area (Å²) >= 11 is 0. The largest absolute Gasteiger partial charge is 0.509 e. The monoisotopic (exact) mass is 1910 g/mol. The van der Waals surface area contributed by atoms with Crippen LogP contribution in [0.3, 0.4) is 0 Å². The minimum atomic E-state index is -3.11. The summed E-state index contributed by atoms with van der Waals surface area (Å²) in [5, 5.41) is 0. The second-order valence-corrected chi connectivity index (χ2v) is 118. The molecule has 0 rings (SSSR count). The van der Waals surface area contributed by atoms with E-state index in [0.717, 1.165) is 24.9 Å². The second kappa shape index (κ2) is 50.3. The van der Waals surface area contributed by atoms with E-state index in [1.807, 2.05) is 0 Å². The molecule has 41 heteroatoms. The van der Waals surface area contributed by atoms with Crippen molar-refractivity contribution < 1.29 is 101 Å². The van der Waals surface area contributed by atoms with Gasteiger partial charge in [-0.15, -0.1) is 0 Å². The van der Waals surface area contributed by atoms with Gasteiger partial charge in [-0.05, 0) is 327 Å². The molecule has 0 aromatic carbocycles. The van der Waals surface area contributed by atoms with Gasteiger partial charge in [-0.2, -0.15) is 0 Å². The van der Waals surface area contributed by atoms with E-state index in [9.17, 15) is 24.0 Å². The highest BCUT2D eigenvalue weighted by Crippen LogP contribution is 2.34. The number of ether oxygens (including phenoxy) is 5.